The van der Waals surface area contributed by atoms with Crippen LogP contribution in [-0.2, 0) is 4.74 Å². The van der Waals surface area contributed by atoms with Crippen LogP contribution < -0.4 is 10.6 Å². The lowest BCUT2D eigenvalue weighted by Crippen LogP contribution is -2.35. The predicted molar refractivity (Wildman–Crippen MR) is 68.2 cm³/mol. The number of amides is 2. The van der Waals surface area contributed by atoms with Crippen molar-refractivity contribution in [3.8, 4) is 0 Å². The van der Waals surface area contributed by atoms with Gasteiger partial charge in [-0.1, -0.05) is 12.7 Å². The minimum atomic E-state index is -1.71. The van der Waals surface area contributed by atoms with Crippen LogP contribution in [0.1, 0.15) is 10.4 Å². The Morgan fingerprint density at radius 1 is 1.14 bits per heavy atom. The number of carbonyl (C=O) groups is 2. The molecular weight excluding hydrogens is 289 g/mol. The van der Waals surface area contributed by atoms with Crippen LogP contribution in [0, 0.1) is 17.5 Å². The van der Waals surface area contributed by atoms with Crippen LogP contribution in [0.5, 0.6) is 0 Å². The molecule has 0 saturated carbocycles. The molecule has 0 aliphatic carbocycles. The molecule has 1 aromatic carbocycles. The highest BCUT2D eigenvalue weighted by Gasteiger charge is 2.18. The van der Waals surface area contributed by atoms with E-state index in [1.165, 1.54) is 6.08 Å². The van der Waals surface area contributed by atoms with E-state index in [1.807, 2.05) is 0 Å². The molecule has 5 nitrogen and oxygen atoms in total. The maximum absolute atomic E-state index is 13.3. The topological polar surface area (TPSA) is 67.4 Å². The van der Waals surface area contributed by atoms with E-state index < -0.39 is 35.0 Å². The third-order valence-electron chi connectivity index (χ3n) is 2.29. The molecule has 0 unspecified atom stereocenters. The molecule has 0 fully saturated rings. The van der Waals surface area contributed by atoms with Gasteiger partial charge in [-0.15, -0.1) is 0 Å². The van der Waals surface area contributed by atoms with Crippen LogP contribution in [-0.4, -0.2) is 31.7 Å². The molecule has 0 saturated heterocycles. The second kappa shape index (κ2) is 7.93. The molecule has 21 heavy (non-hydrogen) atoms. The number of carbonyl (C=O) groups excluding carboxylic acids is 2. The minimum absolute atomic E-state index is 0.0208. The summed E-state index contributed by atoms with van der Waals surface area (Å²) in [5.74, 6) is -5.58. The van der Waals surface area contributed by atoms with Gasteiger partial charge in [-0.05, 0) is 12.1 Å². The van der Waals surface area contributed by atoms with Gasteiger partial charge in [-0.2, -0.15) is 0 Å². The van der Waals surface area contributed by atoms with Crippen LogP contribution >= 0.6 is 0 Å². The van der Waals surface area contributed by atoms with E-state index in [9.17, 15) is 22.8 Å². The largest absolute Gasteiger partial charge is 0.445 e. The SMILES string of the molecule is C=CCOC(=O)NCCNC(=O)c1ccc(F)c(F)c1F. The molecule has 0 aromatic heterocycles. The Morgan fingerprint density at radius 2 is 1.81 bits per heavy atom. The van der Waals surface area contributed by atoms with Gasteiger partial charge in [0.2, 0.25) is 0 Å². The van der Waals surface area contributed by atoms with Gasteiger partial charge in [0.05, 0.1) is 5.56 Å². The quantitative estimate of drug-likeness (QED) is 0.478. The summed E-state index contributed by atoms with van der Waals surface area (Å²) in [6.07, 6.45) is 0.677. The smallest absolute Gasteiger partial charge is 0.407 e. The Labute approximate surface area is 118 Å². The monoisotopic (exact) mass is 302 g/mol. The minimum Gasteiger partial charge on any atom is -0.445 e. The summed E-state index contributed by atoms with van der Waals surface area (Å²) < 4.78 is 43.6. The van der Waals surface area contributed by atoms with Gasteiger partial charge in [-0.3, -0.25) is 4.79 Å². The Balaban J connectivity index is 2.43. The second-order valence-electron chi connectivity index (χ2n) is 3.79. The van der Waals surface area contributed by atoms with Gasteiger partial charge >= 0.3 is 6.09 Å². The molecule has 1 rings (SSSR count). The summed E-state index contributed by atoms with van der Waals surface area (Å²) in [5.41, 5.74) is -0.622. The van der Waals surface area contributed by atoms with Crippen molar-refractivity contribution in [1.82, 2.24) is 10.6 Å². The average Bonchev–Trinajstić information content (AvgIpc) is 2.47. The Morgan fingerprint density at radius 3 is 2.48 bits per heavy atom. The van der Waals surface area contributed by atoms with Crippen molar-refractivity contribution in [2.45, 2.75) is 0 Å². The number of alkyl carbamates (subject to hydrolysis) is 1. The van der Waals surface area contributed by atoms with Gasteiger partial charge in [0, 0.05) is 13.1 Å². The summed E-state index contributed by atoms with van der Waals surface area (Å²) in [5, 5.41) is 4.55. The zero-order chi connectivity index (χ0) is 15.8. The fourth-order valence-electron chi connectivity index (χ4n) is 1.32. The molecule has 0 atom stereocenters. The lowest BCUT2D eigenvalue weighted by molar-refractivity contribution is 0.0947. The van der Waals surface area contributed by atoms with Gasteiger partial charge in [-0.25, -0.2) is 18.0 Å². The summed E-state index contributed by atoms with van der Waals surface area (Å²) >= 11 is 0. The molecule has 114 valence electrons. The summed E-state index contributed by atoms with van der Waals surface area (Å²) in [7, 11) is 0. The molecule has 2 N–H and O–H groups in total. The highest BCUT2D eigenvalue weighted by molar-refractivity contribution is 5.94. The van der Waals surface area contributed by atoms with Crippen molar-refractivity contribution in [3.05, 3.63) is 47.8 Å². The molecule has 0 bridgehead atoms. The third kappa shape index (κ3) is 4.83. The van der Waals surface area contributed by atoms with Crippen LogP contribution in [0.4, 0.5) is 18.0 Å². The fraction of sp³-hybridized carbons (Fsp3) is 0.231. The van der Waals surface area contributed by atoms with Crippen molar-refractivity contribution >= 4 is 12.0 Å². The maximum Gasteiger partial charge on any atom is 0.407 e. The molecule has 0 heterocycles. The maximum atomic E-state index is 13.3. The number of halogens is 3. The standard InChI is InChI=1S/C13H13F3N2O3/c1-2-7-21-13(20)18-6-5-17-12(19)8-3-4-9(14)11(16)10(8)15/h2-4H,1,5-7H2,(H,17,19)(H,18,20). The van der Waals surface area contributed by atoms with E-state index in [1.54, 1.807) is 0 Å². The number of rotatable bonds is 6. The molecule has 0 aliphatic heterocycles. The first-order valence-corrected chi connectivity index (χ1v) is 5.90. The van der Waals surface area contributed by atoms with E-state index in [2.05, 4.69) is 21.9 Å². The normalized spacial score (nSPS) is 9.86. The number of ether oxygens (including phenoxy) is 1. The van der Waals surface area contributed by atoms with Gasteiger partial charge in [0.1, 0.15) is 6.61 Å². The van der Waals surface area contributed by atoms with Crippen LogP contribution in [0.25, 0.3) is 0 Å². The van der Waals surface area contributed by atoms with E-state index in [0.29, 0.717) is 6.07 Å². The molecule has 8 heteroatoms. The van der Waals surface area contributed by atoms with Crippen LogP contribution in [0.2, 0.25) is 0 Å². The van der Waals surface area contributed by atoms with Crippen molar-refractivity contribution < 1.29 is 27.5 Å². The number of hydrogen-bond donors (Lipinski definition) is 2. The lowest BCUT2D eigenvalue weighted by atomic mass is 10.2. The molecule has 0 aliphatic rings. The zero-order valence-corrected chi connectivity index (χ0v) is 10.9. The van der Waals surface area contributed by atoms with Gasteiger partial charge in [0.25, 0.3) is 5.91 Å². The highest BCUT2D eigenvalue weighted by atomic mass is 19.2. The van der Waals surface area contributed by atoms with Crippen molar-refractivity contribution in [1.29, 1.82) is 0 Å². The molecule has 2 amide bonds. The highest BCUT2D eigenvalue weighted by Crippen LogP contribution is 2.14. The first-order valence-electron chi connectivity index (χ1n) is 5.90. The third-order valence-corrected chi connectivity index (χ3v) is 2.29. The van der Waals surface area contributed by atoms with E-state index >= 15 is 0 Å². The second-order valence-corrected chi connectivity index (χ2v) is 3.79. The lowest BCUT2D eigenvalue weighted by Gasteiger charge is -2.08. The Bertz CT molecular complexity index is 550. The molecule has 1 aromatic rings. The first kappa shape index (κ1) is 16.5. The van der Waals surface area contributed by atoms with E-state index in [4.69, 9.17) is 0 Å². The average molecular weight is 302 g/mol. The Hall–Kier alpha value is -2.51. The zero-order valence-electron chi connectivity index (χ0n) is 10.9. The fourth-order valence-corrected chi connectivity index (χ4v) is 1.32. The first-order chi connectivity index (χ1) is 9.97. The van der Waals surface area contributed by atoms with Gasteiger partial charge < -0.3 is 15.4 Å². The van der Waals surface area contributed by atoms with Gasteiger partial charge in [0.15, 0.2) is 17.5 Å². The van der Waals surface area contributed by atoms with Crippen LogP contribution in [0.15, 0.2) is 24.8 Å². The Kier molecular flexibility index (Phi) is 6.25. The van der Waals surface area contributed by atoms with Crippen molar-refractivity contribution in [3.63, 3.8) is 0 Å². The number of benzene rings is 1. The molecular formula is C13H13F3N2O3. The summed E-state index contributed by atoms with van der Waals surface area (Å²) in [6.45, 7) is 3.37. The molecule has 0 radical (unpaired) electrons. The predicted octanol–water partition coefficient (Wildman–Crippen LogP) is 1.75. The van der Waals surface area contributed by atoms with Crippen molar-refractivity contribution in [2.24, 2.45) is 0 Å². The van der Waals surface area contributed by atoms with Crippen molar-refractivity contribution in [2.75, 3.05) is 19.7 Å². The number of hydrogen-bond acceptors (Lipinski definition) is 3. The summed E-state index contributed by atoms with van der Waals surface area (Å²) in [4.78, 5) is 22.6. The van der Waals surface area contributed by atoms with E-state index in [-0.39, 0.29) is 19.7 Å². The van der Waals surface area contributed by atoms with Crippen LogP contribution in [0.3, 0.4) is 0 Å². The van der Waals surface area contributed by atoms with E-state index in [0.717, 1.165) is 6.07 Å². The number of nitrogens with one attached hydrogen (secondary N) is 2. The molecule has 0 spiro atoms. The summed E-state index contributed by atoms with van der Waals surface area (Å²) in [6, 6.07) is 1.48.